The fourth-order valence-electron chi connectivity index (χ4n) is 2.24. The van der Waals surface area contributed by atoms with Gasteiger partial charge in [-0.05, 0) is 31.2 Å². The molecule has 1 aromatic heterocycles. The van der Waals surface area contributed by atoms with Crippen LogP contribution in [0.4, 0.5) is 8.78 Å². The van der Waals surface area contributed by atoms with Crippen molar-refractivity contribution in [1.82, 2.24) is 4.98 Å². The van der Waals surface area contributed by atoms with E-state index in [1.165, 1.54) is 18.2 Å². The Bertz CT molecular complexity index is 831. The molecule has 3 aromatic rings. The predicted molar refractivity (Wildman–Crippen MR) is 84.9 cm³/mol. The summed E-state index contributed by atoms with van der Waals surface area (Å²) in [5, 5.41) is 0.886. The van der Waals surface area contributed by atoms with E-state index < -0.39 is 11.6 Å². The minimum atomic E-state index is -0.620. The molecule has 2 nitrogen and oxygen atoms in total. The van der Waals surface area contributed by atoms with Crippen molar-refractivity contribution in [3.63, 3.8) is 0 Å². The van der Waals surface area contributed by atoms with E-state index in [0.717, 1.165) is 15.6 Å². The SMILES string of the molecule is Cc1cc(Br)c2cccc(OCc3c(F)cccc3F)c2n1. The smallest absolute Gasteiger partial charge is 0.146 e. The molecular weight excluding hydrogens is 352 g/mol. The average Bonchev–Trinajstić information content (AvgIpc) is 2.47. The molecule has 3 rings (SSSR count). The normalized spacial score (nSPS) is 10.9. The minimum absolute atomic E-state index is 0.0915. The van der Waals surface area contributed by atoms with E-state index in [4.69, 9.17) is 4.74 Å². The third-order valence-electron chi connectivity index (χ3n) is 3.31. The molecule has 0 spiro atoms. The van der Waals surface area contributed by atoms with Gasteiger partial charge in [0.2, 0.25) is 0 Å². The Balaban J connectivity index is 1.98. The van der Waals surface area contributed by atoms with Gasteiger partial charge in [-0.15, -0.1) is 0 Å². The van der Waals surface area contributed by atoms with E-state index in [2.05, 4.69) is 20.9 Å². The molecule has 0 fully saturated rings. The van der Waals surface area contributed by atoms with Gasteiger partial charge in [-0.2, -0.15) is 0 Å². The number of pyridine rings is 1. The maximum Gasteiger partial charge on any atom is 0.146 e. The third-order valence-corrected chi connectivity index (χ3v) is 3.97. The van der Waals surface area contributed by atoms with Gasteiger partial charge in [0.05, 0.1) is 5.56 Å². The van der Waals surface area contributed by atoms with Crippen LogP contribution in [0, 0.1) is 18.6 Å². The van der Waals surface area contributed by atoms with Gasteiger partial charge in [0.25, 0.3) is 0 Å². The zero-order valence-corrected chi connectivity index (χ0v) is 13.3. The number of ether oxygens (including phenoxy) is 1. The highest BCUT2D eigenvalue weighted by atomic mass is 79.9. The van der Waals surface area contributed by atoms with E-state index in [-0.39, 0.29) is 12.2 Å². The van der Waals surface area contributed by atoms with Crippen LogP contribution in [0.25, 0.3) is 10.9 Å². The van der Waals surface area contributed by atoms with Crippen LogP contribution in [0.5, 0.6) is 5.75 Å². The maximum atomic E-state index is 13.7. The number of aryl methyl sites for hydroxylation is 1. The lowest BCUT2D eigenvalue weighted by molar-refractivity contribution is 0.295. The van der Waals surface area contributed by atoms with Crippen LogP contribution in [0.1, 0.15) is 11.3 Å². The van der Waals surface area contributed by atoms with E-state index in [1.807, 2.05) is 25.1 Å². The number of rotatable bonds is 3. The Morgan fingerprint density at radius 2 is 1.77 bits per heavy atom. The van der Waals surface area contributed by atoms with Crippen molar-refractivity contribution < 1.29 is 13.5 Å². The van der Waals surface area contributed by atoms with Crippen LogP contribution in [0.3, 0.4) is 0 Å². The Hall–Kier alpha value is -2.01. The largest absolute Gasteiger partial charge is 0.486 e. The summed E-state index contributed by atoms with van der Waals surface area (Å²) in [6.07, 6.45) is 0. The Kier molecular flexibility index (Phi) is 4.07. The highest BCUT2D eigenvalue weighted by Crippen LogP contribution is 2.30. The monoisotopic (exact) mass is 363 g/mol. The number of halogens is 3. The summed E-state index contributed by atoms with van der Waals surface area (Å²) >= 11 is 3.49. The van der Waals surface area contributed by atoms with Crippen molar-refractivity contribution in [3.05, 3.63) is 69.8 Å². The fourth-order valence-corrected chi connectivity index (χ4v) is 2.89. The lowest BCUT2D eigenvalue weighted by atomic mass is 10.2. The lowest BCUT2D eigenvalue weighted by Gasteiger charge is -2.11. The molecule has 0 amide bonds. The van der Waals surface area contributed by atoms with Crippen LogP contribution in [0.2, 0.25) is 0 Å². The summed E-state index contributed by atoms with van der Waals surface area (Å²) in [4.78, 5) is 4.45. The summed E-state index contributed by atoms with van der Waals surface area (Å²) in [6, 6.07) is 11.1. The molecule has 0 aliphatic heterocycles. The molecule has 0 radical (unpaired) electrons. The van der Waals surface area contributed by atoms with Crippen LogP contribution in [-0.2, 0) is 6.61 Å². The molecule has 2 aromatic carbocycles. The van der Waals surface area contributed by atoms with Gasteiger partial charge >= 0.3 is 0 Å². The number of fused-ring (bicyclic) bond motifs is 1. The Morgan fingerprint density at radius 3 is 2.50 bits per heavy atom. The molecule has 22 heavy (non-hydrogen) atoms. The Labute approximate surface area is 134 Å². The average molecular weight is 364 g/mol. The van der Waals surface area contributed by atoms with Gasteiger partial charge in [-0.25, -0.2) is 13.8 Å². The van der Waals surface area contributed by atoms with Gasteiger partial charge in [0, 0.05) is 15.6 Å². The molecule has 5 heteroatoms. The second kappa shape index (κ2) is 6.01. The van der Waals surface area contributed by atoms with Crippen LogP contribution in [0.15, 0.2) is 46.9 Å². The van der Waals surface area contributed by atoms with E-state index in [1.54, 1.807) is 6.07 Å². The van der Waals surface area contributed by atoms with Crippen molar-refractivity contribution in [3.8, 4) is 5.75 Å². The van der Waals surface area contributed by atoms with Crippen LogP contribution >= 0.6 is 15.9 Å². The molecule has 0 saturated heterocycles. The summed E-state index contributed by atoms with van der Waals surface area (Å²) in [5.74, 6) is -0.749. The summed E-state index contributed by atoms with van der Waals surface area (Å²) < 4.78 is 33.8. The van der Waals surface area contributed by atoms with Crippen molar-refractivity contribution in [1.29, 1.82) is 0 Å². The number of hydrogen-bond acceptors (Lipinski definition) is 2. The van der Waals surface area contributed by atoms with Crippen molar-refractivity contribution in [2.24, 2.45) is 0 Å². The highest BCUT2D eigenvalue weighted by Gasteiger charge is 2.12. The molecule has 0 aliphatic carbocycles. The highest BCUT2D eigenvalue weighted by molar-refractivity contribution is 9.10. The van der Waals surface area contributed by atoms with E-state index >= 15 is 0 Å². The number of hydrogen-bond donors (Lipinski definition) is 0. The van der Waals surface area contributed by atoms with E-state index in [9.17, 15) is 8.78 Å². The molecule has 112 valence electrons. The van der Waals surface area contributed by atoms with Crippen LogP contribution in [-0.4, -0.2) is 4.98 Å². The zero-order valence-electron chi connectivity index (χ0n) is 11.7. The van der Waals surface area contributed by atoms with Gasteiger partial charge in [-0.1, -0.05) is 34.1 Å². The standard InChI is InChI=1S/C17H12BrF2NO/c1-10-8-13(18)11-4-2-7-16(17(11)21-10)22-9-12-14(19)5-3-6-15(12)20/h2-8H,9H2,1H3. The molecule has 0 saturated carbocycles. The number of aromatic nitrogens is 1. The first-order valence-electron chi connectivity index (χ1n) is 6.68. The third kappa shape index (κ3) is 2.81. The van der Waals surface area contributed by atoms with Crippen LogP contribution < -0.4 is 4.74 Å². The first kappa shape index (κ1) is 14.9. The quantitative estimate of drug-likeness (QED) is 0.640. The van der Waals surface area contributed by atoms with Gasteiger partial charge in [-0.3, -0.25) is 0 Å². The lowest BCUT2D eigenvalue weighted by Crippen LogP contribution is -2.02. The summed E-state index contributed by atoms with van der Waals surface area (Å²) in [7, 11) is 0. The zero-order chi connectivity index (χ0) is 15.7. The van der Waals surface area contributed by atoms with Gasteiger partial charge < -0.3 is 4.74 Å². The predicted octanol–water partition coefficient (Wildman–Crippen LogP) is 5.16. The second-order valence-corrected chi connectivity index (χ2v) is 5.74. The van der Waals surface area contributed by atoms with Crippen molar-refractivity contribution in [2.75, 3.05) is 0 Å². The molecular formula is C17H12BrF2NO. The maximum absolute atomic E-state index is 13.7. The fraction of sp³-hybridized carbons (Fsp3) is 0.118. The molecule has 0 N–H and O–H groups in total. The number of benzene rings is 2. The summed E-state index contributed by atoms with van der Waals surface area (Å²) in [5.41, 5.74) is 1.39. The van der Waals surface area contributed by atoms with Gasteiger partial charge in [0.1, 0.15) is 29.5 Å². The number of para-hydroxylation sites is 1. The molecule has 0 aliphatic rings. The molecule has 0 atom stereocenters. The molecule has 0 bridgehead atoms. The van der Waals surface area contributed by atoms with Crippen molar-refractivity contribution in [2.45, 2.75) is 13.5 Å². The summed E-state index contributed by atoms with van der Waals surface area (Å²) in [6.45, 7) is 1.68. The number of nitrogens with zero attached hydrogens (tertiary/aromatic N) is 1. The topological polar surface area (TPSA) is 22.1 Å². The minimum Gasteiger partial charge on any atom is -0.486 e. The van der Waals surface area contributed by atoms with Crippen molar-refractivity contribution >= 4 is 26.8 Å². The van der Waals surface area contributed by atoms with E-state index in [0.29, 0.717) is 11.3 Å². The second-order valence-electron chi connectivity index (χ2n) is 4.89. The van der Waals surface area contributed by atoms with Gasteiger partial charge in [0.15, 0.2) is 0 Å². The first-order valence-corrected chi connectivity index (χ1v) is 7.47. The molecule has 0 unspecified atom stereocenters. The first-order chi connectivity index (χ1) is 10.6. The Morgan fingerprint density at radius 1 is 1.09 bits per heavy atom. The molecule has 1 heterocycles.